The highest BCUT2D eigenvalue weighted by atomic mass is 79.9. The molecule has 0 unspecified atom stereocenters. The van der Waals surface area contributed by atoms with E-state index in [4.69, 9.17) is 5.11 Å². The van der Waals surface area contributed by atoms with Crippen LogP contribution >= 0.6 is 27.3 Å². The van der Waals surface area contributed by atoms with E-state index >= 15 is 0 Å². The maximum Gasteiger partial charge on any atom is 0.0701 e. The first-order valence-corrected chi connectivity index (χ1v) is 4.76. The Morgan fingerprint density at radius 3 is 2.90 bits per heavy atom. The molecule has 56 valence electrons. The minimum absolute atomic E-state index is 0.235. The molecule has 0 fully saturated rings. The Bertz CT molecular complexity index is 207. The third kappa shape index (κ3) is 2.40. The van der Waals surface area contributed by atoms with Crippen LogP contribution in [0.15, 0.2) is 15.2 Å². The lowest BCUT2D eigenvalue weighted by Gasteiger charge is -1.98. The Kier molecular flexibility index (Phi) is 2.89. The Balaban J connectivity index is 2.58. The molecule has 0 aliphatic heterocycles. The quantitative estimate of drug-likeness (QED) is 0.813. The number of rotatable bonds is 2. The van der Waals surface area contributed by atoms with Crippen molar-refractivity contribution in [2.45, 2.75) is 19.4 Å². The van der Waals surface area contributed by atoms with Crippen LogP contribution in [0.1, 0.15) is 12.5 Å². The van der Waals surface area contributed by atoms with E-state index in [1.54, 1.807) is 18.3 Å². The van der Waals surface area contributed by atoms with Gasteiger partial charge >= 0.3 is 0 Å². The highest BCUT2D eigenvalue weighted by molar-refractivity contribution is 9.11. The topological polar surface area (TPSA) is 20.2 Å². The average molecular weight is 221 g/mol. The third-order valence-corrected chi connectivity index (χ3v) is 2.71. The fraction of sp³-hybridized carbons (Fsp3) is 0.429. The molecule has 0 bridgehead atoms. The van der Waals surface area contributed by atoms with Crippen LogP contribution in [0.3, 0.4) is 0 Å². The number of aliphatic hydroxyl groups excluding tert-OH is 1. The summed E-state index contributed by atoms with van der Waals surface area (Å²) in [6, 6.07) is 2.04. The highest BCUT2D eigenvalue weighted by Gasteiger charge is 2.00. The molecule has 0 spiro atoms. The molecule has 0 amide bonds. The first-order valence-electron chi connectivity index (χ1n) is 3.09. The molecule has 1 heterocycles. The van der Waals surface area contributed by atoms with Crippen molar-refractivity contribution in [1.82, 2.24) is 0 Å². The summed E-state index contributed by atoms with van der Waals surface area (Å²) in [6.45, 7) is 1.80. The van der Waals surface area contributed by atoms with Crippen molar-refractivity contribution in [1.29, 1.82) is 0 Å². The molecule has 1 N–H and O–H groups in total. The van der Waals surface area contributed by atoms with Crippen molar-refractivity contribution < 1.29 is 5.11 Å². The van der Waals surface area contributed by atoms with Crippen molar-refractivity contribution in [3.05, 3.63) is 20.8 Å². The van der Waals surface area contributed by atoms with Gasteiger partial charge in [0.15, 0.2) is 0 Å². The van der Waals surface area contributed by atoms with E-state index in [2.05, 4.69) is 21.3 Å². The van der Waals surface area contributed by atoms with Gasteiger partial charge in [-0.25, -0.2) is 0 Å². The summed E-state index contributed by atoms with van der Waals surface area (Å²) < 4.78 is 1.13. The zero-order chi connectivity index (χ0) is 7.56. The molecule has 0 aromatic carbocycles. The van der Waals surface area contributed by atoms with Gasteiger partial charge in [-0.1, -0.05) is 0 Å². The van der Waals surface area contributed by atoms with E-state index in [1.807, 2.05) is 6.07 Å². The van der Waals surface area contributed by atoms with E-state index in [9.17, 15) is 0 Å². The SMILES string of the molecule is C[C@H](O)Cc1csc(Br)c1. The van der Waals surface area contributed by atoms with Crippen LogP contribution in [-0.4, -0.2) is 11.2 Å². The van der Waals surface area contributed by atoms with E-state index in [1.165, 1.54) is 5.56 Å². The van der Waals surface area contributed by atoms with Crippen molar-refractivity contribution >= 4 is 27.3 Å². The number of thiophene rings is 1. The summed E-state index contributed by atoms with van der Waals surface area (Å²) in [6.07, 6.45) is 0.517. The summed E-state index contributed by atoms with van der Waals surface area (Å²) in [5.41, 5.74) is 1.20. The van der Waals surface area contributed by atoms with Gasteiger partial charge in [0, 0.05) is 0 Å². The molecular weight excluding hydrogens is 212 g/mol. The van der Waals surface area contributed by atoms with Crippen molar-refractivity contribution in [2.75, 3.05) is 0 Å². The molecule has 0 aliphatic carbocycles. The van der Waals surface area contributed by atoms with Gasteiger partial charge in [-0.2, -0.15) is 0 Å². The van der Waals surface area contributed by atoms with Gasteiger partial charge < -0.3 is 5.11 Å². The molecule has 1 rings (SSSR count). The zero-order valence-corrected chi connectivity index (χ0v) is 8.08. The average Bonchev–Trinajstić information content (AvgIpc) is 2.13. The Morgan fingerprint density at radius 2 is 2.50 bits per heavy atom. The van der Waals surface area contributed by atoms with Gasteiger partial charge in [0.05, 0.1) is 9.89 Å². The van der Waals surface area contributed by atoms with Crippen LogP contribution in [0.4, 0.5) is 0 Å². The molecule has 1 aromatic rings. The van der Waals surface area contributed by atoms with Crippen molar-refractivity contribution in [3.63, 3.8) is 0 Å². The number of hydrogen-bond donors (Lipinski definition) is 1. The first-order chi connectivity index (χ1) is 4.68. The van der Waals surface area contributed by atoms with Crippen LogP contribution in [0.5, 0.6) is 0 Å². The maximum absolute atomic E-state index is 9.00. The van der Waals surface area contributed by atoms with Crippen LogP contribution < -0.4 is 0 Å². The van der Waals surface area contributed by atoms with Crippen LogP contribution in [0, 0.1) is 0 Å². The normalized spacial score (nSPS) is 13.5. The predicted octanol–water partition coefficient (Wildman–Crippen LogP) is 2.43. The number of halogens is 1. The summed E-state index contributed by atoms with van der Waals surface area (Å²) in [5.74, 6) is 0. The molecule has 1 aromatic heterocycles. The monoisotopic (exact) mass is 220 g/mol. The molecule has 0 aliphatic rings. The molecule has 0 saturated heterocycles. The minimum atomic E-state index is -0.235. The van der Waals surface area contributed by atoms with Gasteiger partial charge in [-0.3, -0.25) is 0 Å². The van der Waals surface area contributed by atoms with Gasteiger partial charge in [0.1, 0.15) is 0 Å². The van der Waals surface area contributed by atoms with E-state index < -0.39 is 0 Å². The molecule has 0 radical (unpaired) electrons. The smallest absolute Gasteiger partial charge is 0.0701 e. The lowest BCUT2D eigenvalue weighted by molar-refractivity contribution is 0.195. The van der Waals surface area contributed by atoms with Crippen LogP contribution in [0.2, 0.25) is 0 Å². The standard InChI is InChI=1S/C7H9BrOS/c1-5(9)2-6-3-7(8)10-4-6/h3-5,9H,2H2,1H3/t5-/m0/s1. The fourth-order valence-corrected chi connectivity index (χ4v) is 2.02. The molecule has 0 saturated carbocycles. The molecule has 10 heavy (non-hydrogen) atoms. The van der Waals surface area contributed by atoms with E-state index in [0.29, 0.717) is 0 Å². The second-order valence-electron chi connectivity index (χ2n) is 2.31. The second-order valence-corrected chi connectivity index (χ2v) is 4.60. The van der Waals surface area contributed by atoms with E-state index in [0.717, 1.165) is 10.2 Å². The van der Waals surface area contributed by atoms with Gasteiger partial charge in [0.2, 0.25) is 0 Å². The molecule has 1 atom stereocenters. The lowest BCUT2D eigenvalue weighted by Crippen LogP contribution is -2.02. The lowest BCUT2D eigenvalue weighted by atomic mass is 10.2. The summed E-state index contributed by atoms with van der Waals surface area (Å²) in [5, 5.41) is 11.1. The number of aliphatic hydroxyl groups is 1. The van der Waals surface area contributed by atoms with Crippen molar-refractivity contribution in [2.24, 2.45) is 0 Å². The third-order valence-electron chi connectivity index (χ3n) is 1.15. The number of hydrogen-bond acceptors (Lipinski definition) is 2. The predicted molar refractivity (Wildman–Crippen MR) is 47.4 cm³/mol. The Labute approximate surface area is 72.8 Å². The fourth-order valence-electron chi connectivity index (χ4n) is 0.794. The highest BCUT2D eigenvalue weighted by Crippen LogP contribution is 2.21. The molecular formula is C7H9BrOS. The van der Waals surface area contributed by atoms with Gasteiger partial charge in [-0.15, -0.1) is 11.3 Å². The van der Waals surface area contributed by atoms with Crippen LogP contribution in [0.25, 0.3) is 0 Å². The van der Waals surface area contributed by atoms with Crippen molar-refractivity contribution in [3.8, 4) is 0 Å². The maximum atomic E-state index is 9.00. The second kappa shape index (κ2) is 3.51. The Hall–Kier alpha value is 0.140. The molecule has 3 heteroatoms. The summed E-state index contributed by atoms with van der Waals surface area (Å²) in [4.78, 5) is 0. The van der Waals surface area contributed by atoms with Gasteiger partial charge in [-0.05, 0) is 46.3 Å². The summed E-state index contributed by atoms with van der Waals surface area (Å²) >= 11 is 5.01. The van der Waals surface area contributed by atoms with Gasteiger partial charge in [0.25, 0.3) is 0 Å². The van der Waals surface area contributed by atoms with E-state index in [-0.39, 0.29) is 6.10 Å². The molecule has 1 nitrogen and oxygen atoms in total. The zero-order valence-electron chi connectivity index (χ0n) is 5.67. The Morgan fingerprint density at radius 1 is 1.80 bits per heavy atom. The first kappa shape index (κ1) is 8.24. The van der Waals surface area contributed by atoms with Crippen LogP contribution in [-0.2, 0) is 6.42 Å². The summed E-state index contributed by atoms with van der Waals surface area (Å²) in [7, 11) is 0. The minimum Gasteiger partial charge on any atom is -0.393 e. The largest absolute Gasteiger partial charge is 0.393 e.